The number of rotatable bonds is 10. The summed E-state index contributed by atoms with van der Waals surface area (Å²) in [5.41, 5.74) is 12.3. The highest BCUT2D eigenvalue weighted by atomic mass is 32.1. The number of hydrogen-bond donors (Lipinski definition) is 0. The number of thiophene rings is 2. The van der Waals surface area contributed by atoms with Crippen LogP contribution in [0.5, 0.6) is 0 Å². The van der Waals surface area contributed by atoms with Gasteiger partial charge >= 0.3 is 0 Å². The molecule has 0 radical (unpaired) electrons. The Morgan fingerprint density at radius 1 is 0.200 bits per heavy atom. The van der Waals surface area contributed by atoms with Crippen LogP contribution in [0.4, 0.5) is 51.2 Å². The van der Waals surface area contributed by atoms with Crippen LogP contribution in [0.15, 0.2) is 249 Å². The average molecular weight is 868 g/mol. The number of nitrogens with zero attached hydrogens (tertiary/aromatic N) is 3. The van der Waals surface area contributed by atoms with Gasteiger partial charge in [0, 0.05) is 91.5 Å². The highest BCUT2D eigenvalue weighted by molar-refractivity contribution is 7.26. The van der Waals surface area contributed by atoms with E-state index in [0.717, 1.165) is 62.3 Å². The lowest BCUT2D eigenvalue weighted by molar-refractivity contribution is 1.28. The molecule has 10 aromatic carbocycles. The van der Waals surface area contributed by atoms with E-state index in [0.29, 0.717) is 0 Å². The standard InChI is InChI=1S/C60H41N3S2/c1-5-19-44(20-6-1)61(45-21-7-2-8-22-45)48-27-15-17-42(37-48)43-18-16-28-49(38-43)62(46-23-9-3-10-24-46)50-32-35-58-55(39-50)56-40-51(33-36-59(56)64-58)63(47-25-11-4-12-26-47)52-31-34-54-53-29-13-14-30-57(53)65-60(54)41-52/h1-41H. The van der Waals surface area contributed by atoms with Crippen LogP contribution >= 0.6 is 22.7 Å². The summed E-state index contributed by atoms with van der Waals surface area (Å²) >= 11 is 3.71. The van der Waals surface area contributed by atoms with Crippen LogP contribution in [-0.4, -0.2) is 0 Å². The van der Waals surface area contributed by atoms with Crippen LogP contribution in [0.1, 0.15) is 0 Å². The van der Waals surface area contributed by atoms with Gasteiger partial charge in [-0.15, -0.1) is 22.7 Å². The van der Waals surface area contributed by atoms with E-state index < -0.39 is 0 Å². The zero-order valence-electron chi connectivity index (χ0n) is 35.3. The van der Waals surface area contributed by atoms with E-state index in [1.54, 1.807) is 0 Å². The van der Waals surface area contributed by atoms with Crippen molar-refractivity contribution in [1.82, 2.24) is 0 Å². The van der Waals surface area contributed by atoms with Gasteiger partial charge in [0.2, 0.25) is 0 Å². The molecule has 2 heterocycles. The van der Waals surface area contributed by atoms with Gasteiger partial charge in [0.1, 0.15) is 0 Å². The summed E-state index contributed by atoms with van der Waals surface area (Å²) in [5.74, 6) is 0. The normalized spacial score (nSPS) is 11.4. The molecule has 0 atom stereocenters. The lowest BCUT2D eigenvalue weighted by atomic mass is 10.0. The second-order valence-electron chi connectivity index (χ2n) is 16.2. The van der Waals surface area contributed by atoms with E-state index in [9.17, 15) is 0 Å². The molecular formula is C60H41N3S2. The van der Waals surface area contributed by atoms with Gasteiger partial charge in [0.15, 0.2) is 0 Å². The third-order valence-corrected chi connectivity index (χ3v) is 14.5. The van der Waals surface area contributed by atoms with Crippen LogP contribution in [0.2, 0.25) is 0 Å². The Labute approximate surface area is 386 Å². The molecule has 308 valence electrons. The topological polar surface area (TPSA) is 9.72 Å². The highest BCUT2D eigenvalue weighted by Gasteiger charge is 2.20. The monoisotopic (exact) mass is 867 g/mol. The molecule has 0 saturated carbocycles. The summed E-state index contributed by atoms with van der Waals surface area (Å²) < 4.78 is 5.13. The number of anilines is 9. The van der Waals surface area contributed by atoms with E-state index in [1.807, 2.05) is 22.7 Å². The molecule has 65 heavy (non-hydrogen) atoms. The lowest BCUT2D eigenvalue weighted by Crippen LogP contribution is -2.10. The number of hydrogen-bond acceptors (Lipinski definition) is 5. The Kier molecular flexibility index (Phi) is 9.90. The molecule has 0 aliphatic carbocycles. The summed E-state index contributed by atoms with van der Waals surface area (Å²) in [6, 6.07) is 90.0. The Morgan fingerprint density at radius 2 is 0.538 bits per heavy atom. The molecule has 3 nitrogen and oxygen atoms in total. The van der Waals surface area contributed by atoms with Crippen molar-refractivity contribution in [2.75, 3.05) is 14.7 Å². The summed E-state index contributed by atoms with van der Waals surface area (Å²) in [6.07, 6.45) is 0. The fourth-order valence-corrected chi connectivity index (χ4v) is 11.4. The first-order valence-electron chi connectivity index (χ1n) is 21.9. The second kappa shape index (κ2) is 16.6. The molecule has 2 aromatic heterocycles. The SMILES string of the molecule is c1ccc(N(c2ccccc2)c2cccc(-c3cccc(N(c4ccccc4)c4ccc5sc6ccc(N(c7ccccc7)c7ccc8c(c7)sc7ccccc78)cc6c5c4)c3)c2)cc1. The Hall–Kier alpha value is -7.96. The Balaban J connectivity index is 0.955. The van der Waals surface area contributed by atoms with Crippen LogP contribution < -0.4 is 14.7 Å². The molecular weight excluding hydrogens is 827 g/mol. The van der Waals surface area contributed by atoms with E-state index in [2.05, 4.69) is 263 Å². The summed E-state index contributed by atoms with van der Waals surface area (Å²) in [7, 11) is 0. The van der Waals surface area contributed by atoms with Crippen molar-refractivity contribution < 1.29 is 0 Å². The number of benzene rings is 10. The van der Waals surface area contributed by atoms with Crippen molar-refractivity contribution in [1.29, 1.82) is 0 Å². The van der Waals surface area contributed by atoms with E-state index in [1.165, 1.54) is 40.3 Å². The van der Waals surface area contributed by atoms with E-state index in [-0.39, 0.29) is 0 Å². The molecule has 12 aromatic rings. The lowest BCUT2D eigenvalue weighted by Gasteiger charge is -2.27. The van der Waals surface area contributed by atoms with Gasteiger partial charge in [-0.05, 0) is 139 Å². The van der Waals surface area contributed by atoms with Gasteiger partial charge in [-0.1, -0.05) is 121 Å². The minimum absolute atomic E-state index is 1.09. The van der Waals surface area contributed by atoms with Gasteiger partial charge in [-0.3, -0.25) is 0 Å². The third-order valence-electron chi connectivity index (χ3n) is 12.2. The van der Waals surface area contributed by atoms with Gasteiger partial charge < -0.3 is 14.7 Å². The second-order valence-corrected chi connectivity index (χ2v) is 18.4. The van der Waals surface area contributed by atoms with Gasteiger partial charge in [0.05, 0.1) is 0 Å². The molecule has 0 amide bonds. The molecule has 0 saturated heterocycles. The van der Waals surface area contributed by atoms with Gasteiger partial charge in [-0.2, -0.15) is 0 Å². The Bertz CT molecular complexity index is 3580. The minimum Gasteiger partial charge on any atom is -0.310 e. The maximum absolute atomic E-state index is 2.40. The predicted molar refractivity (Wildman–Crippen MR) is 282 cm³/mol. The van der Waals surface area contributed by atoms with Crippen LogP contribution in [0.3, 0.4) is 0 Å². The fraction of sp³-hybridized carbons (Fsp3) is 0. The molecule has 0 fully saturated rings. The highest BCUT2D eigenvalue weighted by Crippen LogP contribution is 2.46. The first-order chi connectivity index (χ1) is 32.2. The first-order valence-corrected chi connectivity index (χ1v) is 23.5. The van der Waals surface area contributed by atoms with Crippen molar-refractivity contribution in [3.8, 4) is 11.1 Å². The van der Waals surface area contributed by atoms with Crippen molar-refractivity contribution in [3.63, 3.8) is 0 Å². The van der Waals surface area contributed by atoms with Crippen LogP contribution in [0, 0.1) is 0 Å². The molecule has 0 unspecified atom stereocenters. The van der Waals surface area contributed by atoms with Crippen LogP contribution in [0.25, 0.3) is 51.5 Å². The molecule has 12 rings (SSSR count). The molecule has 0 aliphatic heterocycles. The predicted octanol–water partition coefficient (Wildman–Crippen LogP) is 18.5. The summed E-state index contributed by atoms with van der Waals surface area (Å²) in [6.45, 7) is 0. The smallest absolute Gasteiger partial charge is 0.0476 e. The molecule has 0 spiro atoms. The van der Waals surface area contributed by atoms with Crippen LogP contribution in [-0.2, 0) is 0 Å². The minimum atomic E-state index is 1.09. The van der Waals surface area contributed by atoms with Gasteiger partial charge in [-0.25, -0.2) is 0 Å². The largest absolute Gasteiger partial charge is 0.310 e. The maximum Gasteiger partial charge on any atom is 0.0476 e. The van der Waals surface area contributed by atoms with Crippen molar-refractivity contribution in [2.24, 2.45) is 0 Å². The third kappa shape index (κ3) is 7.27. The van der Waals surface area contributed by atoms with Gasteiger partial charge in [0.25, 0.3) is 0 Å². The average Bonchev–Trinajstić information content (AvgIpc) is 3.93. The first kappa shape index (κ1) is 38.7. The zero-order valence-corrected chi connectivity index (χ0v) is 37.0. The fourth-order valence-electron chi connectivity index (χ4n) is 9.18. The quantitative estimate of drug-likeness (QED) is 0.136. The van der Waals surface area contributed by atoms with Crippen molar-refractivity contribution >= 4 is 114 Å². The van der Waals surface area contributed by atoms with E-state index >= 15 is 0 Å². The molecule has 0 bridgehead atoms. The maximum atomic E-state index is 2.40. The molecule has 5 heteroatoms. The zero-order chi connectivity index (χ0) is 43.1. The molecule has 0 N–H and O–H groups in total. The van der Waals surface area contributed by atoms with Crippen molar-refractivity contribution in [3.05, 3.63) is 249 Å². The molecule has 0 aliphatic rings. The number of para-hydroxylation sites is 4. The summed E-state index contributed by atoms with van der Waals surface area (Å²) in [5, 5.41) is 5.10. The van der Waals surface area contributed by atoms with E-state index in [4.69, 9.17) is 0 Å². The van der Waals surface area contributed by atoms with Crippen molar-refractivity contribution in [2.45, 2.75) is 0 Å². The summed E-state index contributed by atoms with van der Waals surface area (Å²) in [4.78, 5) is 7.10. The Morgan fingerprint density at radius 3 is 1.03 bits per heavy atom. The number of fused-ring (bicyclic) bond motifs is 6.